The smallest absolute Gasteiger partial charge is 0.159 e. The topological polar surface area (TPSA) is 26.0 Å². The molecule has 0 saturated carbocycles. The molecular weight excluding hydrogens is 332 g/mol. The Labute approximate surface area is 123 Å². The summed E-state index contributed by atoms with van der Waals surface area (Å²) in [4.78, 5) is 1.56. The average molecular weight is 344 g/mol. The third kappa shape index (κ3) is 3.55. The zero-order chi connectivity index (χ0) is 14.0. The van der Waals surface area contributed by atoms with Crippen molar-refractivity contribution in [3.63, 3.8) is 0 Å². The van der Waals surface area contributed by atoms with Gasteiger partial charge in [0, 0.05) is 20.3 Å². The van der Waals surface area contributed by atoms with E-state index in [0.717, 1.165) is 21.0 Å². The van der Waals surface area contributed by atoms with Gasteiger partial charge in [-0.1, -0.05) is 33.8 Å². The minimum absolute atomic E-state index is 0.124. The van der Waals surface area contributed by atoms with E-state index >= 15 is 0 Å². The molecule has 19 heavy (non-hydrogen) atoms. The van der Waals surface area contributed by atoms with Crippen LogP contribution in [-0.2, 0) is 0 Å². The van der Waals surface area contributed by atoms with E-state index in [0.29, 0.717) is 4.90 Å². The van der Waals surface area contributed by atoms with Gasteiger partial charge in [-0.3, -0.25) is 0 Å². The SMILES string of the molecule is CC(N)c1ccc(Br)cc1Sc1ccc(F)c(F)c1. The van der Waals surface area contributed by atoms with Crippen molar-refractivity contribution < 1.29 is 8.78 Å². The molecule has 0 amide bonds. The Balaban J connectivity index is 2.36. The second kappa shape index (κ2) is 6.03. The van der Waals surface area contributed by atoms with Crippen LogP contribution in [0.25, 0.3) is 0 Å². The summed E-state index contributed by atoms with van der Waals surface area (Å²) in [6.45, 7) is 1.89. The molecule has 0 aromatic heterocycles. The molecule has 0 spiro atoms. The molecule has 2 aromatic rings. The van der Waals surface area contributed by atoms with E-state index < -0.39 is 11.6 Å². The molecule has 100 valence electrons. The van der Waals surface area contributed by atoms with E-state index in [1.807, 2.05) is 25.1 Å². The minimum atomic E-state index is -0.845. The van der Waals surface area contributed by atoms with E-state index in [1.165, 1.54) is 17.8 Å². The summed E-state index contributed by atoms with van der Waals surface area (Å²) in [7, 11) is 0. The summed E-state index contributed by atoms with van der Waals surface area (Å²) in [6.07, 6.45) is 0. The fourth-order valence-electron chi connectivity index (χ4n) is 1.64. The van der Waals surface area contributed by atoms with Crippen LogP contribution in [-0.4, -0.2) is 0 Å². The van der Waals surface area contributed by atoms with Crippen LogP contribution in [0.2, 0.25) is 0 Å². The van der Waals surface area contributed by atoms with Gasteiger partial charge in [0.05, 0.1) is 0 Å². The summed E-state index contributed by atoms with van der Waals surface area (Å²) in [5.74, 6) is -1.69. The van der Waals surface area contributed by atoms with Crippen LogP contribution in [0.5, 0.6) is 0 Å². The Kier molecular flexibility index (Phi) is 4.60. The van der Waals surface area contributed by atoms with Crippen molar-refractivity contribution in [1.29, 1.82) is 0 Å². The Morgan fingerprint density at radius 1 is 1.11 bits per heavy atom. The van der Waals surface area contributed by atoms with Crippen molar-refractivity contribution in [1.82, 2.24) is 0 Å². The zero-order valence-electron chi connectivity index (χ0n) is 10.2. The predicted octanol–water partition coefficient (Wildman–Crippen LogP) is 4.90. The van der Waals surface area contributed by atoms with Gasteiger partial charge in [0.15, 0.2) is 11.6 Å². The van der Waals surface area contributed by atoms with Crippen LogP contribution in [0.4, 0.5) is 8.78 Å². The highest BCUT2D eigenvalue weighted by Crippen LogP contribution is 2.35. The summed E-state index contributed by atoms with van der Waals surface area (Å²) >= 11 is 4.76. The normalized spacial score (nSPS) is 12.5. The molecule has 1 nitrogen and oxygen atoms in total. The number of halogens is 3. The van der Waals surface area contributed by atoms with Gasteiger partial charge in [-0.25, -0.2) is 8.78 Å². The van der Waals surface area contributed by atoms with Gasteiger partial charge in [0.1, 0.15) is 0 Å². The first-order chi connectivity index (χ1) is 8.97. The van der Waals surface area contributed by atoms with Gasteiger partial charge in [-0.05, 0) is 42.8 Å². The Bertz CT molecular complexity index is 602. The highest BCUT2D eigenvalue weighted by molar-refractivity contribution is 9.10. The molecule has 0 radical (unpaired) electrons. The maximum atomic E-state index is 13.2. The van der Waals surface area contributed by atoms with Crippen molar-refractivity contribution in [3.8, 4) is 0 Å². The van der Waals surface area contributed by atoms with E-state index in [2.05, 4.69) is 15.9 Å². The standard InChI is InChI=1S/C14H12BrF2NS/c1-8(18)11-4-2-9(15)6-14(11)19-10-3-5-12(16)13(17)7-10/h2-8H,18H2,1H3. The molecule has 5 heteroatoms. The first-order valence-corrected chi connectivity index (χ1v) is 7.26. The van der Waals surface area contributed by atoms with Crippen LogP contribution in [0.3, 0.4) is 0 Å². The second-order valence-electron chi connectivity index (χ2n) is 4.15. The number of nitrogens with two attached hydrogens (primary N) is 1. The number of hydrogen-bond donors (Lipinski definition) is 1. The quantitative estimate of drug-likeness (QED) is 0.857. The highest BCUT2D eigenvalue weighted by atomic mass is 79.9. The molecule has 1 atom stereocenters. The van der Waals surface area contributed by atoms with Gasteiger partial charge in [-0.2, -0.15) is 0 Å². The molecule has 0 aliphatic carbocycles. The maximum Gasteiger partial charge on any atom is 0.159 e. The number of benzene rings is 2. The van der Waals surface area contributed by atoms with E-state index in [-0.39, 0.29) is 6.04 Å². The van der Waals surface area contributed by atoms with Gasteiger partial charge in [0.2, 0.25) is 0 Å². The van der Waals surface area contributed by atoms with E-state index in [9.17, 15) is 8.78 Å². The summed E-state index contributed by atoms with van der Waals surface area (Å²) in [5.41, 5.74) is 6.88. The number of hydrogen-bond acceptors (Lipinski definition) is 2. The van der Waals surface area contributed by atoms with Gasteiger partial charge < -0.3 is 5.73 Å². The highest BCUT2D eigenvalue weighted by Gasteiger charge is 2.10. The lowest BCUT2D eigenvalue weighted by atomic mass is 10.1. The molecule has 0 aliphatic rings. The molecule has 0 aliphatic heterocycles. The van der Waals surface area contributed by atoms with E-state index in [4.69, 9.17) is 5.73 Å². The molecule has 0 fully saturated rings. The van der Waals surface area contributed by atoms with Crippen molar-refractivity contribution in [2.24, 2.45) is 5.73 Å². The molecule has 1 unspecified atom stereocenters. The molecule has 0 saturated heterocycles. The molecule has 2 N–H and O–H groups in total. The van der Waals surface area contributed by atoms with Crippen LogP contribution in [0.15, 0.2) is 50.7 Å². The summed E-state index contributed by atoms with van der Waals surface area (Å²) in [5, 5.41) is 0. The Hall–Kier alpha value is -0.910. The summed E-state index contributed by atoms with van der Waals surface area (Å²) < 4.78 is 27.0. The Morgan fingerprint density at radius 2 is 1.84 bits per heavy atom. The fourth-order valence-corrected chi connectivity index (χ4v) is 3.26. The van der Waals surface area contributed by atoms with E-state index in [1.54, 1.807) is 6.07 Å². The van der Waals surface area contributed by atoms with Crippen molar-refractivity contribution in [3.05, 3.63) is 58.1 Å². The zero-order valence-corrected chi connectivity index (χ0v) is 12.6. The molecule has 0 heterocycles. The molecular formula is C14H12BrF2NS. The van der Waals surface area contributed by atoms with Crippen LogP contribution < -0.4 is 5.73 Å². The molecule has 0 bridgehead atoms. The van der Waals surface area contributed by atoms with Crippen LogP contribution >= 0.6 is 27.7 Å². The first-order valence-electron chi connectivity index (χ1n) is 5.65. The lowest BCUT2D eigenvalue weighted by Crippen LogP contribution is -2.06. The lowest BCUT2D eigenvalue weighted by molar-refractivity contribution is 0.506. The average Bonchev–Trinajstić information content (AvgIpc) is 2.33. The second-order valence-corrected chi connectivity index (χ2v) is 6.18. The van der Waals surface area contributed by atoms with Crippen molar-refractivity contribution in [2.75, 3.05) is 0 Å². The lowest BCUT2D eigenvalue weighted by Gasteiger charge is -2.13. The first kappa shape index (κ1) is 14.5. The third-order valence-corrected chi connectivity index (χ3v) is 4.14. The largest absolute Gasteiger partial charge is 0.324 e. The van der Waals surface area contributed by atoms with Gasteiger partial charge in [0.25, 0.3) is 0 Å². The number of rotatable bonds is 3. The third-order valence-electron chi connectivity index (χ3n) is 2.59. The van der Waals surface area contributed by atoms with Crippen LogP contribution in [0, 0.1) is 11.6 Å². The summed E-state index contributed by atoms with van der Waals surface area (Å²) in [6, 6.07) is 9.50. The minimum Gasteiger partial charge on any atom is -0.324 e. The van der Waals surface area contributed by atoms with Gasteiger partial charge in [-0.15, -0.1) is 0 Å². The Morgan fingerprint density at radius 3 is 2.47 bits per heavy atom. The van der Waals surface area contributed by atoms with Crippen molar-refractivity contribution >= 4 is 27.7 Å². The molecule has 2 aromatic carbocycles. The maximum absolute atomic E-state index is 13.2. The molecule has 2 rings (SSSR count). The van der Waals surface area contributed by atoms with Gasteiger partial charge >= 0.3 is 0 Å². The van der Waals surface area contributed by atoms with Crippen LogP contribution in [0.1, 0.15) is 18.5 Å². The fraction of sp³-hybridized carbons (Fsp3) is 0.143. The van der Waals surface area contributed by atoms with Crippen molar-refractivity contribution in [2.45, 2.75) is 22.8 Å². The monoisotopic (exact) mass is 343 g/mol. The predicted molar refractivity (Wildman–Crippen MR) is 77.2 cm³/mol.